The van der Waals surface area contributed by atoms with E-state index < -0.39 is 0 Å². The summed E-state index contributed by atoms with van der Waals surface area (Å²) < 4.78 is 0. The van der Waals surface area contributed by atoms with E-state index in [-0.39, 0.29) is 0 Å². The van der Waals surface area contributed by atoms with Crippen LogP contribution in [-0.4, -0.2) is 30.3 Å². The zero-order valence-electron chi connectivity index (χ0n) is 9.89. The molecule has 1 saturated carbocycles. The summed E-state index contributed by atoms with van der Waals surface area (Å²) in [7, 11) is 1.99. The van der Waals surface area contributed by atoms with Crippen LogP contribution in [0.2, 0.25) is 0 Å². The standard InChI is InChI=1S/C12H20N4/c1-16(9-8-13)12-7-6-11(14-15-12)10-4-2-3-5-10/h6-7,10H,2-5,8-9,13H2,1H3. The SMILES string of the molecule is CN(CCN)c1ccc(C2CCCC2)nn1. The highest BCUT2D eigenvalue weighted by atomic mass is 15.2. The summed E-state index contributed by atoms with van der Waals surface area (Å²) in [6.07, 6.45) is 5.21. The molecule has 0 bridgehead atoms. The van der Waals surface area contributed by atoms with Crippen molar-refractivity contribution in [3.63, 3.8) is 0 Å². The van der Waals surface area contributed by atoms with Gasteiger partial charge in [0.25, 0.3) is 0 Å². The molecule has 4 heteroatoms. The molecule has 0 atom stereocenters. The number of aromatic nitrogens is 2. The number of hydrogen-bond donors (Lipinski definition) is 1. The van der Waals surface area contributed by atoms with Crippen LogP contribution in [-0.2, 0) is 0 Å². The predicted octanol–water partition coefficient (Wildman–Crippen LogP) is 1.53. The quantitative estimate of drug-likeness (QED) is 0.836. The number of anilines is 1. The summed E-state index contributed by atoms with van der Waals surface area (Å²) in [6, 6.07) is 4.17. The molecule has 2 N–H and O–H groups in total. The van der Waals surface area contributed by atoms with E-state index in [4.69, 9.17) is 5.73 Å². The van der Waals surface area contributed by atoms with E-state index in [0.29, 0.717) is 12.5 Å². The third-order valence-electron chi connectivity index (χ3n) is 3.30. The molecule has 0 radical (unpaired) electrons. The van der Waals surface area contributed by atoms with E-state index in [1.807, 2.05) is 11.9 Å². The second kappa shape index (κ2) is 5.25. The van der Waals surface area contributed by atoms with E-state index in [1.165, 1.54) is 25.7 Å². The van der Waals surface area contributed by atoms with Crippen molar-refractivity contribution in [1.82, 2.24) is 10.2 Å². The summed E-state index contributed by atoms with van der Waals surface area (Å²) in [4.78, 5) is 2.03. The van der Waals surface area contributed by atoms with Crippen molar-refractivity contribution in [1.29, 1.82) is 0 Å². The maximum Gasteiger partial charge on any atom is 0.151 e. The Morgan fingerprint density at radius 2 is 2.06 bits per heavy atom. The van der Waals surface area contributed by atoms with Crippen LogP contribution < -0.4 is 10.6 Å². The second-order valence-electron chi connectivity index (χ2n) is 4.51. The molecule has 1 aliphatic carbocycles. The van der Waals surface area contributed by atoms with Crippen molar-refractivity contribution in [3.05, 3.63) is 17.8 Å². The molecule has 88 valence electrons. The predicted molar refractivity (Wildman–Crippen MR) is 65.6 cm³/mol. The molecule has 0 spiro atoms. The lowest BCUT2D eigenvalue weighted by Gasteiger charge is -2.16. The smallest absolute Gasteiger partial charge is 0.151 e. The fourth-order valence-corrected chi connectivity index (χ4v) is 2.29. The maximum atomic E-state index is 5.51. The van der Waals surface area contributed by atoms with Gasteiger partial charge in [-0.3, -0.25) is 0 Å². The second-order valence-corrected chi connectivity index (χ2v) is 4.51. The molecule has 4 nitrogen and oxygen atoms in total. The van der Waals surface area contributed by atoms with E-state index >= 15 is 0 Å². The van der Waals surface area contributed by atoms with Crippen LogP contribution in [0.5, 0.6) is 0 Å². The molecule has 0 aromatic carbocycles. The molecule has 0 amide bonds. The number of nitrogens with two attached hydrogens (primary N) is 1. The molecule has 0 unspecified atom stereocenters. The monoisotopic (exact) mass is 220 g/mol. The van der Waals surface area contributed by atoms with Crippen LogP contribution in [0, 0.1) is 0 Å². The molecule has 0 saturated heterocycles. The lowest BCUT2D eigenvalue weighted by molar-refractivity contribution is 0.678. The van der Waals surface area contributed by atoms with Gasteiger partial charge in [-0.15, -0.1) is 5.10 Å². The van der Waals surface area contributed by atoms with E-state index in [2.05, 4.69) is 22.3 Å². The minimum atomic E-state index is 0.640. The molecule has 1 aliphatic rings. The van der Waals surface area contributed by atoms with Crippen molar-refractivity contribution in [3.8, 4) is 0 Å². The lowest BCUT2D eigenvalue weighted by atomic mass is 10.0. The number of likely N-dealkylation sites (N-methyl/N-ethyl adjacent to an activating group) is 1. The van der Waals surface area contributed by atoms with Crippen molar-refractivity contribution in [2.45, 2.75) is 31.6 Å². The first kappa shape index (κ1) is 11.3. The van der Waals surface area contributed by atoms with E-state index in [1.54, 1.807) is 0 Å². The van der Waals surface area contributed by atoms with Crippen LogP contribution in [0.15, 0.2) is 12.1 Å². The lowest BCUT2D eigenvalue weighted by Crippen LogP contribution is -2.26. The highest BCUT2D eigenvalue weighted by Crippen LogP contribution is 2.32. The molecule has 1 aromatic heterocycles. The largest absolute Gasteiger partial charge is 0.357 e. The Morgan fingerprint density at radius 1 is 1.31 bits per heavy atom. The van der Waals surface area contributed by atoms with Crippen LogP contribution in [0.4, 0.5) is 5.82 Å². The number of nitrogens with zero attached hydrogens (tertiary/aromatic N) is 3. The van der Waals surface area contributed by atoms with Gasteiger partial charge in [0.1, 0.15) is 0 Å². The fraction of sp³-hybridized carbons (Fsp3) is 0.667. The summed E-state index contributed by atoms with van der Waals surface area (Å²) in [6.45, 7) is 1.46. The zero-order chi connectivity index (χ0) is 11.4. The normalized spacial score (nSPS) is 16.6. The maximum absolute atomic E-state index is 5.51. The van der Waals surface area contributed by atoms with Crippen molar-refractivity contribution >= 4 is 5.82 Å². The summed E-state index contributed by atoms with van der Waals surface area (Å²) >= 11 is 0. The molecule has 1 fully saturated rings. The van der Waals surface area contributed by atoms with Crippen LogP contribution in [0.25, 0.3) is 0 Å². The highest BCUT2D eigenvalue weighted by Gasteiger charge is 2.18. The van der Waals surface area contributed by atoms with Gasteiger partial charge in [-0.1, -0.05) is 12.8 Å². The Labute approximate surface area is 96.9 Å². The minimum absolute atomic E-state index is 0.640. The average molecular weight is 220 g/mol. The van der Waals surface area contributed by atoms with Gasteiger partial charge >= 0.3 is 0 Å². The Hall–Kier alpha value is -1.16. The summed E-state index contributed by atoms with van der Waals surface area (Å²) in [5.74, 6) is 1.55. The van der Waals surface area contributed by atoms with Crippen LogP contribution in [0.1, 0.15) is 37.3 Å². The van der Waals surface area contributed by atoms with Crippen LogP contribution in [0.3, 0.4) is 0 Å². The zero-order valence-corrected chi connectivity index (χ0v) is 9.89. The first-order chi connectivity index (χ1) is 7.81. The highest BCUT2D eigenvalue weighted by molar-refractivity contribution is 5.36. The Bertz CT molecular complexity index is 316. The third-order valence-corrected chi connectivity index (χ3v) is 3.30. The van der Waals surface area contributed by atoms with Crippen LogP contribution >= 0.6 is 0 Å². The number of hydrogen-bond acceptors (Lipinski definition) is 4. The molecule has 1 aromatic rings. The number of rotatable bonds is 4. The molecular formula is C12H20N4. The Kier molecular flexibility index (Phi) is 3.72. The van der Waals surface area contributed by atoms with Crippen molar-refractivity contribution < 1.29 is 0 Å². The van der Waals surface area contributed by atoms with Crippen molar-refractivity contribution in [2.24, 2.45) is 5.73 Å². The van der Waals surface area contributed by atoms with Gasteiger partial charge in [0.05, 0.1) is 5.69 Å². The molecule has 16 heavy (non-hydrogen) atoms. The van der Waals surface area contributed by atoms with Gasteiger partial charge in [-0.05, 0) is 25.0 Å². The summed E-state index contributed by atoms with van der Waals surface area (Å²) in [5, 5.41) is 8.59. The van der Waals surface area contributed by atoms with Gasteiger partial charge in [0.2, 0.25) is 0 Å². The first-order valence-electron chi connectivity index (χ1n) is 6.06. The molecular weight excluding hydrogens is 200 g/mol. The van der Waals surface area contributed by atoms with Gasteiger partial charge < -0.3 is 10.6 Å². The fourth-order valence-electron chi connectivity index (χ4n) is 2.29. The minimum Gasteiger partial charge on any atom is -0.357 e. The van der Waals surface area contributed by atoms with E-state index in [9.17, 15) is 0 Å². The third kappa shape index (κ3) is 2.50. The molecule has 0 aliphatic heterocycles. The topological polar surface area (TPSA) is 55.0 Å². The Morgan fingerprint density at radius 3 is 2.62 bits per heavy atom. The Balaban J connectivity index is 2.03. The summed E-state index contributed by atoms with van der Waals surface area (Å²) in [5.41, 5.74) is 6.66. The van der Waals surface area contributed by atoms with Gasteiger partial charge in [-0.25, -0.2) is 0 Å². The molecule has 2 rings (SSSR count). The van der Waals surface area contributed by atoms with Crippen molar-refractivity contribution in [2.75, 3.05) is 25.0 Å². The van der Waals surface area contributed by atoms with Gasteiger partial charge in [-0.2, -0.15) is 5.10 Å². The van der Waals surface area contributed by atoms with E-state index in [0.717, 1.165) is 18.1 Å². The van der Waals surface area contributed by atoms with Gasteiger partial charge in [0, 0.05) is 26.1 Å². The van der Waals surface area contributed by atoms with Gasteiger partial charge in [0.15, 0.2) is 5.82 Å². The molecule has 1 heterocycles. The first-order valence-corrected chi connectivity index (χ1v) is 6.06. The average Bonchev–Trinajstić information content (AvgIpc) is 2.83.